The summed E-state index contributed by atoms with van der Waals surface area (Å²) in [5.74, 6) is -0.627. The topological polar surface area (TPSA) is 86.0 Å². The van der Waals surface area contributed by atoms with Gasteiger partial charge in [-0.1, -0.05) is 6.07 Å². The lowest BCUT2D eigenvalue weighted by Crippen LogP contribution is -2.02. The first kappa shape index (κ1) is 11.6. The van der Waals surface area contributed by atoms with E-state index in [9.17, 15) is 4.79 Å². The van der Waals surface area contributed by atoms with E-state index >= 15 is 0 Å². The maximum atomic E-state index is 10.8. The van der Waals surface area contributed by atoms with E-state index in [1.54, 1.807) is 36.4 Å². The van der Waals surface area contributed by atoms with Crippen molar-refractivity contribution in [3.63, 3.8) is 0 Å². The third-order valence-electron chi connectivity index (χ3n) is 2.25. The molecule has 1 heterocycles. The highest BCUT2D eigenvalue weighted by Crippen LogP contribution is 2.15. The molecule has 2 aromatic rings. The molecule has 88 valence electrons. The van der Waals surface area contributed by atoms with Crippen molar-refractivity contribution < 1.29 is 9.90 Å². The fourth-order valence-corrected chi connectivity index (χ4v) is 1.40. The Balaban J connectivity index is 2.20. The molecule has 0 bridgehead atoms. The number of carbonyl (C=O) groups is 1. The molecule has 2 rings (SSSR count). The Labute approximate surface area is 103 Å². The lowest BCUT2D eigenvalue weighted by atomic mass is 10.2. The predicted octanol–water partition coefficient (Wildman–Crippen LogP) is 2.40. The van der Waals surface area contributed by atoms with Crippen LogP contribution in [0.3, 0.4) is 0 Å². The number of anilines is 2. The highest BCUT2D eigenvalue weighted by Gasteiger charge is 2.05. The van der Waals surface area contributed by atoms with Gasteiger partial charge >= 0.3 is 5.97 Å². The van der Waals surface area contributed by atoms with Crippen molar-refractivity contribution in [3.05, 3.63) is 53.7 Å². The third-order valence-corrected chi connectivity index (χ3v) is 2.25. The molecular weight excluding hydrogens is 230 g/mol. The molecule has 0 saturated carbocycles. The molecule has 1 aromatic carbocycles. The van der Waals surface area contributed by atoms with Gasteiger partial charge in [0.05, 0.1) is 11.6 Å². The Hall–Kier alpha value is -2.87. The van der Waals surface area contributed by atoms with Crippen LogP contribution in [0, 0.1) is 11.3 Å². The molecule has 0 fully saturated rings. The van der Waals surface area contributed by atoms with Crippen molar-refractivity contribution in [2.24, 2.45) is 0 Å². The van der Waals surface area contributed by atoms with Crippen LogP contribution < -0.4 is 5.32 Å². The number of aromatic nitrogens is 1. The number of hydrogen-bond donors (Lipinski definition) is 2. The minimum Gasteiger partial charge on any atom is -0.477 e. The molecule has 0 saturated heterocycles. The van der Waals surface area contributed by atoms with Crippen molar-refractivity contribution in [3.8, 4) is 6.07 Å². The van der Waals surface area contributed by atoms with Gasteiger partial charge in [0, 0.05) is 5.69 Å². The number of benzene rings is 1. The average molecular weight is 239 g/mol. The molecule has 18 heavy (non-hydrogen) atoms. The summed E-state index contributed by atoms with van der Waals surface area (Å²) in [5, 5.41) is 20.5. The van der Waals surface area contributed by atoms with Gasteiger partial charge in [-0.25, -0.2) is 9.78 Å². The lowest BCUT2D eigenvalue weighted by molar-refractivity contribution is 0.0690. The second kappa shape index (κ2) is 4.97. The van der Waals surface area contributed by atoms with Gasteiger partial charge in [0.15, 0.2) is 5.69 Å². The van der Waals surface area contributed by atoms with Gasteiger partial charge in [0.1, 0.15) is 5.82 Å². The Kier molecular flexibility index (Phi) is 3.21. The van der Waals surface area contributed by atoms with Gasteiger partial charge in [-0.3, -0.25) is 0 Å². The van der Waals surface area contributed by atoms with Crippen molar-refractivity contribution >= 4 is 17.5 Å². The summed E-state index contributed by atoms with van der Waals surface area (Å²) in [4.78, 5) is 14.7. The minimum atomic E-state index is -1.07. The summed E-state index contributed by atoms with van der Waals surface area (Å²) in [6.07, 6.45) is 0. The molecule has 5 heteroatoms. The fraction of sp³-hybridized carbons (Fsp3) is 0. The first-order chi connectivity index (χ1) is 8.69. The Morgan fingerprint density at radius 1 is 1.22 bits per heavy atom. The third kappa shape index (κ3) is 2.62. The molecule has 0 atom stereocenters. The summed E-state index contributed by atoms with van der Waals surface area (Å²) in [5.41, 5.74) is 1.28. The van der Waals surface area contributed by atoms with Gasteiger partial charge in [-0.05, 0) is 36.4 Å². The van der Waals surface area contributed by atoms with Crippen molar-refractivity contribution in [2.75, 3.05) is 5.32 Å². The van der Waals surface area contributed by atoms with E-state index in [4.69, 9.17) is 10.4 Å². The zero-order valence-electron chi connectivity index (χ0n) is 9.29. The van der Waals surface area contributed by atoms with Crippen LogP contribution >= 0.6 is 0 Å². The standard InChI is InChI=1S/C13H9N3O2/c14-8-9-4-6-10(7-5-9)15-12-3-1-2-11(16-12)13(17)18/h1-7H,(H,15,16)(H,17,18). The van der Waals surface area contributed by atoms with E-state index in [2.05, 4.69) is 10.3 Å². The maximum absolute atomic E-state index is 10.8. The Bertz CT molecular complexity index is 615. The molecule has 5 nitrogen and oxygen atoms in total. The zero-order chi connectivity index (χ0) is 13.0. The number of nitriles is 1. The number of rotatable bonds is 3. The SMILES string of the molecule is N#Cc1ccc(Nc2cccc(C(=O)O)n2)cc1. The van der Waals surface area contributed by atoms with E-state index in [1.165, 1.54) is 6.07 Å². The zero-order valence-corrected chi connectivity index (χ0v) is 9.29. The minimum absolute atomic E-state index is 0.0198. The van der Waals surface area contributed by atoms with Crippen LogP contribution in [0.25, 0.3) is 0 Å². The molecule has 0 aliphatic rings. The molecular formula is C13H9N3O2. The van der Waals surface area contributed by atoms with Crippen molar-refractivity contribution in [1.29, 1.82) is 5.26 Å². The van der Waals surface area contributed by atoms with E-state index in [-0.39, 0.29) is 5.69 Å². The number of pyridine rings is 1. The number of aromatic carboxylic acids is 1. The van der Waals surface area contributed by atoms with Gasteiger partial charge in [-0.15, -0.1) is 0 Å². The molecule has 1 aromatic heterocycles. The van der Waals surface area contributed by atoms with Gasteiger partial charge in [0.2, 0.25) is 0 Å². The van der Waals surface area contributed by atoms with Gasteiger partial charge in [0.25, 0.3) is 0 Å². The van der Waals surface area contributed by atoms with Crippen LogP contribution in [0.4, 0.5) is 11.5 Å². The molecule has 0 unspecified atom stereocenters. The van der Waals surface area contributed by atoms with E-state index < -0.39 is 5.97 Å². The van der Waals surface area contributed by atoms with E-state index in [1.807, 2.05) is 6.07 Å². The number of carboxylic acids is 1. The molecule has 0 aliphatic heterocycles. The molecule has 0 radical (unpaired) electrons. The van der Waals surface area contributed by atoms with Gasteiger partial charge < -0.3 is 10.4 Å². The maximum Gasteiger partial charge on any atom is 0.354 e. The summed E-state index contributed by atoms with van der Waals surface area (Å²) in [6.45, 7) is 0. The summed E-state index contributed by atoms with van der Waals surface area (Å²) < 4.78 is 0. The highest BCUT2D eigenvalue weighted by molar-refractivity contribution is 5.85. The van der Waals surface area contributed by atoms with Crippen molar-refractivity contribution in [1.82, 2.24) is 4.98 Å². The quantitative estimate of drug-likeness (QED) is 0.858. The summed E-state index contributed by atoms with van der Waals surface area (Å²) in [6, 6.07) is 13.5. The molecule has 0 aliphatic carbocycles. The average Bonchev–Trinajstić information content (AvgIpc) is 2.40. The van der Waals surface area contributed by atoms with Crippen LogP contribution in [-0.4, -0.2) is 16.1 Å². The smallest absolute Gasteiger partial charge is 0.354 e. The van der Waals surface area contributed by atoms with Crippen molar-refractivity contribution in [2.45, 2.75) is 0 Å². The van der Waals surface area contributed by atoms with Gasteiger partial charge in [-0.2, -0.15) is 5.26 Å². The summed E-state index contributed by atoms with van der Waals surface area (Å²) >= 11 is 0. The van der Waals surface area contributed by atoms with Crippen LogP contribution in [0.2, 0.25) is 0 Å². The first-order valence-electron chi connectivity index (χ1n) is 5.16. The predicted molar refractivity (Wildman–Crippen MR) is 65.6 cm³/mol. The van der Waals surface area contributed by atoms with Crippen LogP contribution in [0.15, 0.2) is 42.5 Å². The monoisotopic (exact) mass is 239 g/mol. The Morgan fingerprint density at radius 3 is 2.56 bits per heavy atom. The largest absolute Gasteiger partial charge is 0.477 e. The highest BCUT2D eigenvalue weighted by atomic mass is 16.4. The molecule has 0 amide bonds. The number of carboxylic acid groups (broad SMARTS) is 1. The summed E-state index contributed by atoms with van der Waals surface area (Å²) in [7, 11) is 0. The van der Waals surface area contributed by atoms with Crippen LogP contribution in [-0.2, 0) is 0 Å². The fourth-order valence-electron chi connectivity index (χ4n) is 1.40. The second-order valence-corrected chi connectivity index (χ2v) is 3.53. The Morgan fingerprint density at radius 2 is 1.94 bits per heavy atom. The van der Waals surface area contributed by atoms with Crippen LogP contribution in [0.1, 0.15) is 16.1 Å². The lowest BCUT2D eigenvalue weighted by Gasteiger charge is -2.05. The first-order valence-corrected chi connectivity index (χ1v) is 5.16. The number of nitrogens with zero attached hydrogens (tertiary/aromatic N) is 2. The number of hydrogen-bond acceptors (Lipinski definition) is 4. The normalized spacial score (nSPS) is 9.50. The van der Waals surface area contributed by atoms with Crippen LogP contribution in [0.5, 0.6) is 0 Å². The van der Waals surface area contributed by atoms with E-state index in [0.717, 1.165) is 5.69 Å². The van der Waals surface area contributed by atoms with E-state index in [0.29, 0.717) is 11.4 Å². The number of nitrogens with one attached hydrogen (secondary N) is 1. The molecule has 2 N–H and O–H groups in total. The second-order valence-electron chi connectivity index (χ2n) is 3.53. The molecule has 0 spiro atoms.